The number of sulfonamides is 1. The summed E-state index contributed by atoms with van der Waals surface area (Å²) >= 11 is 0. The topological polar surface area (TPSA) is 64.6 Å². The van der Waals surface area contributed by atoms with Gasteiger partial charge in [0, 0.05) is 12.6 Å². The number of rotatable bonds is 7. The molecule has 20 heavy (non-hydrogen) atoms. The number of hydrogen-bond donors (Lipinski definition) is 1. The second kappa shape index (κ2) is 6.45. The van der Waals surface area contributed by atoms with E-state index in [0.717, 1.165) is 19.3 Å². The quantitative estimate of drug-likeness (QED) is 0.786. The van der Waals surface area contributed by atoms with Crippen LogP contribution in [-0.2, 0) is 10.0 Å². The standard InChI is InChI=1S/C14H21NO4S/c1-11(2)5-3-4-8-15-20(16,17)12-6-7-13-14(9-12)19-10-18-13/h6-7,9,11,15H,3-5,8,10H2,1-2H3. The van der Waals surface area contributed by atoms with E-state index in [-0.39, 0.29) is 11.7 Å². The van der Waals surface area contributed by atoms with Crippen molar-refractivity contribution in [3.63, 3.8) is 0 Å². The molecular formula is C14H21NO4S. The summed E-state index contributed by atoms with van der Waals surface area (Å²) in [7, 11) is -3.47. The van der Waals surface area contributed by atoms with Crippen LogP contribution in [-0.4, -0.2) is 21.8 Å². The molecule has 0 fully saturated rings. The highest BCUT2D eigenvalue weighted by molar-refractivity contribution is 7.89. The molecule has 0 amide bonds. The lowest BCUT2D eigenvalue weighted by Gasteiger charge is -2.08. The maximum Gasteiger partial charge on any atom is 0.240 e. The Kier molecular flexibility index (Phi) is 4.88. The van der Waals surface area contributed by atoms with Gasteiger partial charge in [-0.25, -0.2) is 13.1 Å². The fourth-order valence-corrected chi connectivity index (χ4v) is 3.10. The molecule has 0 atom stereocenters. The van der Waals surface area contributed by atoms with Crippen molar-refractivity contribution in [1.82, 2.24) is 4.72 Å². The normalized spacial score (nSPS) is 13.9. The molecule has 0 aromatic heterocycles. The van der Waals surface area contributed by atoms with Gasteiger partial charge in [0.2, 0.25) is 16.8 Å². The van der Waals surface area contributed by atoms with Crippen LogP contribution in [0.25, 0.3) is 0 Å². The molecule has 1 aromatic rings. The van der Waals surface area contributed by atoms with Crippen LogP contribution >= 0.6 is 0 Å². The summed E-state index contributed by atoms with van der Waals surface area (Å²) < 4.78 is 37.2. The smallest absolute Gasteiger partial charge is 0.240 e. The van der Waals surface area contributed by atoms with Crippen molar-refractivity contribution >= 4 is 10.0 Å². The molecule has 112 valence electrons. The van der Waals surface area contributed by atoms with Gasteiger partial charge >= 0.3 is 0 Å². The molecule has 0 aliphatic carbocycles. The Morgan fingerprint density at radius 3 is 2.70 bits per heavy atom. The molecule has 5 nitrogen and oxygen atoms in total. The summed E-state index contributed by atoms with van der Waals surface area (Å²) in [4.78, 5) is 0.214. The first-order valence-corrected chi connectivity index (χ1v) is 8.36. The highest BCUT2D eigenvalue weighted by atomic mass is 32.2. The second-order valence-electron chi connectivity index (χ2n) is 5.30. The molecule has 0 radical (unpaired) electrons. The maximum absolute atomic E-state index is 12.1. The zero-order chi connectivity index (χ0) is 14.6. The molecule has 0 saturated heterocycles. The Balaban J connectivity index is 1.90. The van der Waals surface area contributed by atoms with Gasteiger partial charge < -0.3 is 9.47 Å². The van der Waals surface area contributed by atoms with E-state index in [1.54, 1.807) is 6.07 Å². The fourth-order valence-electron chi connectivity index (χ4n) is 2.01. The van der Waals surface area contributed by atoms with E-state index in [1.165, 1.54) is 12.1 Å². The van der Waals surface area contributed by atoms with Gasteiger partial charge in [0.05, 0.1) is 4.90 Å². The second-order valence-corrected chi connectivity index (χ2v) is 7.07. The third-order valence-corrected chi connectivity index (χ3v) is 4.61. The van der Waals surface area contributed by atoms with E-state index in [0.29, 0.717) is 24.0 Å². The van der Waals surface area contributed by atoms with Crippen molar-refractivity contribution in [3.05, 3.63) is 18.2 Å². The van der Waals surface area contributed by atoms with Crippen molar-refractivity contribution in [2.24, 2.45) is 5.92 Å². The van der Waals surface area contributed by atoms with Crippen molar-refractivity contribution in [2.75, 3.05) is 13.3 Å². The molecule has 6 heteroatoms. The molecule has 0 spiro atoms. The highest BCUT2D eigenvalue weighted by Gasteiger charge is 2.19. The first kappa shape index (κ1) is 15.1. The Morgan fingerprint density at radius 1 is 1.20 bits per heavy atom. The lowest BCUT2D eigenvalue weighted by atomic mass is 10.1. The molecular weight excluding hydrogens is 278 g/mol. The molecule has 0 saturated carbocycles. The molecule has 1 aromatic carbocycles. The monoisotopic (exact) mass is 299 g/mol. The molecule has 0 bridgehead atoms. The highest BCUT2D eigenvalue weighted by Crippen LogP contribution is 2.33. The average Bonchev–Trinajstić information content (AvgIpc) is 2.85. The molecule has 2 rings (SSSR count). The van der Waals surface area contributed by atoms with Crippen LogP contribution in [0.2, 0.25) is 0 Å². The number of ether oxygens (including phenoxy) is 2. The predicted molar refractivity (Wildman–Crippen MR) is 76.4 cm³/mol. The summed E-state index contributed by atoms with van der Waals surface area (Å²) in [5, 5.41) is 0. The number of benzene rings is 1. The van der Waals surface area contributed by atoms with E-state index in [9.17, 15) is 8.42 Å². The van der Waals surface area contributed by atoms with Crippen LogP contribution < -0.4 is 14.2 Å². The number of unbranched alkanes of at least 4 members (excludes halogenated alkanes) is 1. The Hall–Kier alpha value is -1.27. The Labute approximate surface area is 120 Å². The van der Waals surface area contributed by atoms with E-state index < -0.39 is 10.0 Å². The van der Waals surface area contributed by atoms with E-state index in [2.05, 4.69) is 18.6 Å². The van der Waals surface area contributed by atoms with E-state index >= 15 is 0 Å². The summed E-state index contributed by atoms with van der Waals surface area (Å²) in [6.45, 7) is 4.93. The van der Waals surface area contributed by atoms with E-state index in [1.807, 2.05) is 0 Å². The minimum absolute atomic E-state index is 0.140. The van der Waals surface area contributed by atoms with Gasteiger partial charge in [-0.15, -0.1) is 0 Å². The van der Waals surface area contributed by atoms with Gasteiger partial charge in [0.25, 0.3) is 0 Å². The van der Waals surface area contributed by atoms with Crippen LogP contribution in [0, 0.1) is 5.92 Å². The number of hydrogen-bond acceptors (Lipinski definition) is 4. The van der Waals surface area contributed by atoms with Crippen molar-refractivity contribution < 1.29 is 17.9 Å². The van der Waals surface area contributed by atoms with Gasteiger partial charge in [0.1, 0.15) is 0 Å². The summed E-state index contributed by atoms with van der Waals surface area (Å²) in [6, 6.07) is 4.65. The van der Waals surface area contributed by atoms with Crippen molar-refractivity contribution in [2.45, 2.75) is 38.0 Å². The zero-order valence-electron chi connectivity index (χ0n) is 11.9. The fraction of sp³-hybridized carbons (Fsp3) is 0.571. The maximum atomic E-state index is 12.1. The minimum Gasteiger partial charge on any atom is -0.454 e. The van der Waals surface area contributed by atoms with Crippen LogP contribution in [0.3, 0.4) is 0 Å². The van der Waals surface area contributed by atoms with Gasteiger partial charge in [-0.3, -0.25) is 0 Å². The van der Waals surface area contributed by atoms with Crippen LogP contribution in [0.5, 0.6) is 11.5 Å². The first-order chi connectivity index (χ1) is 9.49. The Morgan fingerprint density at radius 2 is 1.95 bits per heavy atom. The van der Waals surface area contributed by atoms with Crippen molar-refractivity contribution in [3.8, 4) is 11.5 Å². The molecule has 1 aliphatic rings. The van der Waals surface area contributed by atoms with Gasteiger partial charge in [0.15, 0.2) is 11.5 Å². The Bertz CT molecular complexity index is 554. The summed E-state index contributed by atoms with van der Waals surface area (Å²) in [6.07, 6.45) is 3.00. The third-order valence-electron chi connectivity index (χ3n) is 3.15. The van der Waals surface area contributed by atoms with Crippen LogP contribution in [0.15, 0.2) is 23.1 Å². The first-order valence-electron chi connectivity index (χ1n) is 6.88. The predicted octanol–water partition coefficient (Wildman–Crippen LogP) is 2.52. The van der Waals surface area contributed by atoms with Gasteiger partial charge in [-0.1, -0.05) is 26.7 Å². The van der Waals surface area contributed by atoms with E-state index in [4.69, 9.17) is 9.47 Å². The zero-order valence-corrected chi connectivity index (χ0v) is 12.7. The molecule has 1 N–H and O–H groups in total. The lowest BCUT2D eigenvalue weighted by molar-refractivity contribution is 0.174. The van der Waals surface area contributed by atoms with Gasteiger partial charge in [-0.05, 0) is 24.5 Å². The molecule has 1 heterocycles. The summed E-state index contributed by atoms with van der Waals surface area (Å²) in [5.74, 6) is 1.72. The number of nitrogens with one attached hydrogen (secondary N) is 1. The van der Waals surface area contributed by atoms with Gasteiger partial charge in [-0.2, -0.15) is 0 Å². The van der Waals surface area contributed by atoms with Crippen LogP contribution in [0.1, 0.15) is 33.1 Å². The number of fused-ring (bicyclic) bond motifs is 1. The van der Waals surface area contributed by atoms with Crippen molar-refractivity contribution in [1.29, 1.82) is 0 Å². The molecule has 1 aliphatic heterocycles. The molecule has 0 unspecified atom stereocenters. The third kappa shape index (κ3) is 3.86. The van der Waals surface area contributed by atoms with Crippen LogP contribution in [0.4, 0.5) is 0 Å². The largest absolute Gasteiger partial charge is 0.454 e. The summed E-state index contributed by atoms with van der Waals surface area (Å²) in [5.41, 5.74) is 0. The lowest BCUT2D eigenvalue weighted by Crippen LogP contribution is -2.24. The minimum atomic E-state index is -3.47. The average molecular weight is 299 g/mol. The SMILES string of the molecule is CC(C)CCCCNS(=O)(=O)c1ccc2c(c1)OCO2.